The second kappa shape index (κ2) is 9.41. The summed E-state index contributed by atoms with van der Waals surface area (Å²) in [5.41, 5.74) is 1.60. The van der Waals surface area contributed by atoms with Crippen LogP contribution in [-0.4, -0.2) is 28.7 Å². The third-order valence-corrected chi connectivity index (χ3v) is 3.90. The van der Waals surface area contributed by atoms with Crippen LogP contribution in [0, 0.1) is 5.82 Å². The number of aromatic nitrogens is 2. The lowest BCUT2D eigenvalue weighted by atomic mass is 10.1. The van der Waals surface area contributed by atoms with Gasteiger partial charge in [0.15, 0.2) is 11.6 Å². The molecule has 0 atom stereocenters. The van der Waals surface area contributed by atoms with Crippen LogP contribution in [0.2, 0.25) is 0 Å². The Morgan fingerprint density at radius 3 is 2.34 bits per heavy atom. The van der Waals surface area contributed by atoms with Crippen molar-refractivity contribution in [3.05, 3.63) is 77.6 Å². The lowest BCUT2D eigenvalue weighted by Crippen LogP contribution is -2.16. The normalized spacial score (nSPS) is 10.3. The molecular formula is C21H19FN4O3. The molecule has 0 spiro atoms. The first-order valence-corrected chi connectivity index (χ1v) is 8.96. The number of rotatable bonds is 7. The molecule has 0 aliphatic carbocycles. The Morgan fingerprint density at radius 2 is 1.66 bits per heavy atom. The molecule has 2 N–H and O–H groups in total. The Balaban J connectivity index is 1.63. The summed E-state index contributed by atoms with van der Waals surface area (Å²) in [5, 5.41) is 13.6. The number of hydrogen-bond acceptors (Lipinski definition) is 6. The number of carbonyl (C=O) groups excluding carboxylic acids is 2. The van der Waals surface area contributed by atoms with Crippen molar-refractivity contribution >= 4 is 29.2 Å². The molecule has 1 amide bonds. The van der Waals surface area contributed by atoms with Crippen LogP contribution < -0.4 is 10.6 Å². The maximum atomic E-state index is 12.9. The van der Waals surface area contributed by atoms with Gasteiger partial charge in [-0.25, -0.2) is 9.18 Å². The van der Waals surface area contributed by atoms with Gasteiger partial charge in [-0.2, -0.15) is 0 Å². The SMILES string of the molecule is CCOC(=O)c1ccccc1Nc1ccc(NC(=O)Cc2ccc(F)cc2)nn1. The van der Waals surface area contributed by atoms with E-state index in [0.717, 1.165) is 0 Å². The quantitative estimate of drug-likeness (QED) is 0.594. The Kier molecular flexibility index (Phi) is 6.47. The number of esters is 1. The number of nitrogens with zero attached hydrogens (tertiary/aromatic N) is 2. The maximum absolute atomic E-state index is 12.9. The van der Waals surface area contributed by atoms with E-state index >= 15 is 0 Å². The second-order valence-corrected chi connectivity index (χ2v) is 6.05. The monoisotopic (exact) mass is 394 g/mol. The summed E-state index contributed by atoms with van der Waals surface area (Å²) in [5.74, 6) is -0.403. The largest absolute Gasteiger partial charge is 0.462 e. The highest BCUT2D eigenvalue weighted by molar-refractivity contribution is 5.96. The van der Waals surface area contributed by atoms with Crippen LogP contribution in [0.5, 0.6) is 0 Å². The van der Waals surface area contributed by atoms with Gasteiger partial charge < -0.3 is 15.4 Å². The van der Waals surface area contributed by atoms with Crippen molar-refractivity contribution in [2.45, 2.75) is 13.3 Å². The van der Waals surface area contributed by atoms with Gasteiger partial charge in [0.05, 0.1) is 24.3 Å². The van der Waals surface area contributed by atoms with E-state index in [0.29, 0.717) is 22.6 Å². The first kappa shape index (κ1) is 19.9. The van der Waals surface area contributed by atoms with Gasteiger partial charge in [0.2, 0.25) is 5.91 Å². The lowest BCUT2D eigenvalue weighted by molar-refractivity contribution is -0.115. The summed E-state index contributed by atoms with van der Waals surface area (Å²) in [7, 11) is 0. The molecule has 2 aromatic carbocycles. The van der Waals surface area contributed by atoms with Crippen LogP contribution >= 0.6 is 0 Å². The van der Waals surface area contributed by atoms with Crippen LogP contribution in [0.4, 0.5) is 21.7 Å². The number of carbonyl (C=O) groups is 2. The highest BCUT2D eigenvalue weighted by atomic mass is 19.1. The van der Waals surface area contributed by atoms with Gasteiger partial charge in [-0.05, 0) is 48.9 Å². The van der Waals surface area contributed by atoms with Gasteiger partial charge in [0.1, 0.15) is 5.82 Å². The summed E-state index contributed by atoms with van der Waals surface area (Å²) >= 11 is 0. The van der Waals surface area contributed by atoms with Crippen molar-refractivity contribution in [1.82, 2.24) is 10.2 Å². The predicted octanol–water partition coefficient (Wildman–Crippen LogP) is 3.72. The van der Waals surface area contributed by atoms with Crippen molar-refractivity contribution < 1.29 is 18.7 Å². The smallest absolute Gasteiger partial charge is 0.340 e. The van der Waals surface area contributed by atoms with Crippen molar-refractivity contribution in [1.29, 1.82) is 0 Å². The number of hydrogen-bond donors (Lipinski definition) is 2. The molecule has 0 bridgehead atoms. The molecule has 0 saturated carbocycles. The highest BCUT2D eigenvalue weighted by Crippen LogP contribution is 2.20. The van der Waals surface area contributed by atoms with Crippen LogP contribution in [-0.2, 0) is 16.0 Å². The number of anilines is 3. The van der Waals surface area contributed by atoms with E-state index in [4.69, 9.17) is 4.74 Å². The average molecular weight is 394 g/mol. The Labute approximate surface area is 166 Å². The van der Waals surface area contributed by atoms with E-state index < -0.39 is 5.97 Å². The number of nitrogens with one attached hydrogen (secondary N) is 2. The van der Waals surface area contributed by atoms with Crippen molar-refractivity contribution in [2.24, 2.45) is 0 Å². The molecule has 148 valence electrons. The minimum Gasteiger partial charge on any atom is -0.462 e. The van der Waals surface area contributed by atoms with E-state index in [-0.39, 0.29) is 30.6 Å². The summed E-state index contributed by atoms with van der Waals surface area (Å²) in [6.07, 6.45) is 0.0921. The minimum absolute atomic E-state index is 0.0921. The third-order valence-electron chi connectivity index (χ3n) is 3.90. The molecule has 0 aliphatic heterocycles. The molecule has 0 radical (unpaired) electrons. The first-order valence-electron chi connectivity index (χ1n) is 8.96. The summed E-state index contributed by atoms with van der Waals surface area (Å²) in [6.45, 7) is 2.02. The van der Waals surface area contributed by atoms with Crippen LogP contribution in [0.1, 0.15) is 22.8 Å². The van der Waals surface area contributed by atoms with E-state index in [9.17, 15) is 14.0 Å². The zero-order chi connectivity index (χ0) is 20.6. The Morgan fingerprint density at radius 1 is 0.966 bits per heavy atom. The van der Waals surface area contributed by atoms with Crippen LogP contribution in [0.15, 0.2) is 60.7 Å². The van der Waals surface area contributed by atoms with Gasteiger partial charge in [-0.1, -0.05) is 24.3 Å². The molecule has 3 aromatic rings. The zero-order valence-corrected chi connectivity index (χ0v) is 15.7. The molecule has 1 aromatic heterocycles. The number of ether oxygens (including phenoxy) is 1. The molecule has 1 heterocycles. The molecule has 0 saturated heterocycles. The van der Waals surface area contributed by atoms with Gasteiger partial charge >= 0.3 is 5.97 Å². The van der Waals surface area contributed by atoms with Crippen molar-refractivity contribution in [3.63, 3.8) is 0 Å². The van der Waals surface area contributed by atoms with E-state index in [1.807, 2.05) is 0 Å². The predicted molar refractivity (Wildman–Crippen MR) is 106 cm³/mol. The molecule has 3 rings (SSSR count). The maximum Gasteiger partial charge on any atom is 0.340 e. The fraction of sp³-hybridized carbons (Fsp3) is 0.143. The fourth-order valence-corrected chi connectivity index (χ4v) is 2.56. The molecular weight excluding hydrogens is 375 g/mol. The van der Waals surface area contributed by atoms with E-state index in [1.54, 1.807) is 55.5 Å². The number of para-hydroxylation sites is 1. The third kappa shape index (κ3) is 5.58. The van der Waals surface area contributed by atoms with Crippen LogP contribution in [0.25, 0.3) is 0 Å². The summed E-state index contributed by atoms with van der Waals surface area (Å²) in [6, 6.07) is 15.8. The Bertz CT molecular complexity index is 992. The fourth-order valence-electron chi connectivity index (χ4n) is 2.56. The van der Waals surface area contributed by atoms with Gasteiger partial charge in [0, 0.05) is 0 Å². The number of halogens is 1. The summed E-state index contributed by atoms with van der Waals surface area (Å²) < 4.78 is 18.0. The van der Waals surface area contributed by atoms with Gasteiger partial charge in [-0.3, -0.25) is 4.79 Å². The van der Waals surface area contributed by atoms with Crippen LogP contribution in [0.3, 0.4) is 0 Å². The van der Waals surface area contributed by atoms with Crippen molar-refractivity contribution in [3.8, 4) is 0 Å². The summed E-state index contributed by atoms with van der Waals surface area (Å²) in [4.78, 5) is 24.1. The molecule has 7 nitrogen and oxygen atoms in total. The topological polar surface area (TPSA) is 93.2 Å². The van der Waals surface area contributed by atoms with E-state index in [2.05, 4.69) is 20.8 Å². The van der Waals surface area contributed by atoms with Crippen molar-refractivity contribution in [2.75, 3.05) is 17.2 Å². The zero-order valence-electron chi connectivity index (χ0n) is 15.7. The van der Waals surface area contributed by atoms with Gasteiger partial charge in [-0.15, -0.1) is 10.2 Å². The lowest BCUT2D eigenvalue weighted by Gasteiger charge is -2.10. The molecule has 29 heavy (non-hydrogen) atoms. The first-order chi connectivity index (χ1) is 14.0. The molecule has 0 aliphatic rings. The second-order valence-electron chi connectivity index (χ2n) is 6.05. The standard InChI is InChI=1S/C21H19FN4O3/c1-2-29-21(28)16-5-3-4-6-17(16)23-18-11-12-19(26-25-18)24-20(27)13-14-7-9-15(22)10-8-14/h3-12H,2,13H2,1H3,(H,23,25)(H,24,26,27). The molecule has 8 heteroatoms. The van der Waals surface area contributed by atoms with Gasteiger partial charge in [0.25, 0.3) is 0 Å². The minimum atomic E-state index is -0.437. The Hall–Kier alpha value is -3.81. The van der Waals surface area contributed by atoms with E-state index in [1.165, 1.54) is 12.1 Å². The highest BCUT2D eigenvalue weighted by Gasteiger charge is 2.12. The number of amides is 1. The molecule has 0 unspecified atom stereocenters. The molecule has 0 fully saturated rings. The number of benzene rings is 2. The average Bonchev–Trinajstić information content (AvgIpc) is 2.72.